The predicted molar refractivity (Wildman–Crippen MR) is 91.8 cm³/mol. The van der Waals surface area contributed by atoms with E-state index in [1.807, 2.05) is 12.1 Å². The van der Waals surface area contributed by atoms with Crippen molar-refractivity contribution in [2.45, 2.75) is 18.8 Å². The summed E-state index contributed by atoms with van der Waals surface area (Å²) in [5.41, 5.74) is 2.61. The number of benzene rings is 2. The summed E-state index contributed by atoms with van der Waals surface area (Å²) in [6, 6.07) is 18.9. The number of piperidine rings is 1. The standard InChI is InChI=1S/C20H24FNO/c21-11-14-23-19-8-4-7-18(15-19)20(16-5-2-1-3-6-16)17-9-12-22-13-10-17/h1-8,15,17,20,22H,9-14H2. The summed E-state index contributed by atoms with van der Waals surface area (Å²) in [5.74, 6) is 1.75. The molecule has 122 valence electrons. The number of nitrogens with one attached hydrogen (secondary N) is 1. The second-order valence-corrected chi connectivity index (χ2v) is 6.09. The zero-order valence-electron chi connectivity index (χ0n) is 13.4. The Labute approximate surface area is 137 Å². The molecule has 1 saturated heterocycles. The van der Waals surface area contributed by atoms with E-state index >= 15 is 0 Å². The normalized spacial score (nSPS) is 16.9. The minimum absolute atomic E-state index is 0.118. The molecule has 1 fully saturated rings. The van der Waals surface area contributed by atoms with Gasteiger partial charge in [-0.05, 0) is 55.1 Å². The lowest BCUT2D eigenvalue weighted by molar-refractivity contribution is 0.272. The minimum atomic E-state index is -0.458. The van der Waals surface area contributed by atoms with Crippen LogP contribution in [-0.4, -0.2) is 26.4 Å². The van der Waals surface area contributed by atoms with Crippen molar-refractivity contribution in [2.75, 3.05) is 26.4 Å². The van der Waals surface area contributed by atoms with Crippen molar-refractivity contribution in [1.82, 2.24) is 5.32 Å². The SMILES string of the molecule is FCCOc1cccc(C(c2ccccc2)C2CCNCC2)c1. The van der Waals surface area contributed by atoms with Crippen molar-refractivity contribution in [3.05, 3.63) is 65.7 Å². The van der Waals surface area contributed by atoms with Crippen LogP contribution in [0.15, 0.2) is 54.6 Å². The van der Waals surface area contributed by atoms with Gasteiger partial charge in [-0.1, -0.05) is 42.5 Å². The summed E-state index contributed by atoms with van der Waals surface area (Å²) in [6.07, 6.45) is 2.35. The van der Waals surface area contributed by atoms with Crippen molar-refractivity contribution in [2.24, 2.45) is 5.92 Å². The Morgan fingerprint density at radius 3 is 2.48 bits per heavy atom. The highest BCUT2D eigenvalue weighted by atomic mass is 19.1. The second kappa shape index (κ2) is 8.11. The Morgan fingerprint density at radius 1 is 1.00 bits per heavy atom. The second-order valence-electron chi connectivity index (χ2n) is 6.09. The fraction of sp³-hybridized carbons (Fsp3) is 0.400. The summed E-state index contributed by atoms with van der Waals surface area (Å²) >= 11 is 0. The Balaban J connectivity index is 1.91. The molecule has 1 N–H and O–H groups in total. The van der Waals surface area contributed by atoms with Crippen LogP contribution in [-0.2, 0) is 0 Å². The van der Waals surface area contributed by atoms with Crippen LogP contribution >= 0.6 is 0 Å². The molecule has 1 heterocycles. The Bertz CT molecular complexity index is 596. The van der Waals surface area contributed by atoms with E-state index in [2.05, 4.69) is 47.8 Å². The van der Waals surface area contributed by atoms with Crippen molar-refractivity contribution in [1.29, 1.82) is 0 Å². The predicted octanol–water partition coefficient (Wildman–Crippen LogP) is 4.17. The molecule has 3 rings (SSSR count). The molecular formula is C20H24FNO. The van der Waals surface area contributed by atoms with Gasteiger partial charge in [0.15, 0.2) is 0 Å². The van der Waals surface area contributed by atoms with Crippen LogP contribution in [0.25, 0.3) is 0 Å². The fourth-order valence-electron chi connectivity index (χ4n) is 3.53. The van der Waals surface area contributed by atoms with Crippen molar-refractivity contribution in [3.63, 3.8) is 0 Å². The van der Waals surface area contributed by atoms with Gasteiger partial charge in [-0.3, -0.25) is 0 Å². The maximum atomic E-state index is 12.4. The third-order valence-corrected chi connectivity index (χ3v) is 4.58. The minimum Gasteiger partial charge on any atom is -0.491 e. The molecule has 0 saturated carbocycles. The highest BCUT2D eigenvalue weighted by Crippen LogP contribution is 2.37. The van der Waals surface area contributed by atoms with Crippen molar-refractivity contribution >= 4 is 0 Å². The average Bonchev–Trinajstić information content (AvgIpc) is 2.62. The molecule has 1 aliphatic rings. The van der Waals surface area contributed by atoms with Crippen molar-refractivity contribution < 1.29 is 9.13 Å². The van der Waals surface area contributed by atoms with E-state index < -0.39 is 6.67 Å². The van der Waals surface area contributed by atoms with Crippen molar-refractivity contribution in [3.8, 4) is 5.75 Å². The fourth-order valence-corrected chi connectivity index (χ4v) is 3.53. The number of hydrogen-bond acceptors (Lipinski definition) is 2. The maximum Gasteiger partial charge on any atom is 0.123 e. The molecule has 0 aliphatic carbocycles. The number of rotatable bonds is 6. The van der Waals surface area contributed by atoms with Gasteiger partial charge < -0.3 is 10.1 Å². The van der Waals surface area contributed by atoms with Crippen LogP contribution in [0.5, 0.6) is 5.75 Å². The van der Waals surface area contributed by atoms with E-state index in [1.54, 1.807) is 0 Å². The van der Waals surface area contributed by atoms with Gasteiger partial charge in [-0.25, -0.2) is 4.39 Å². The third-order valence-electron chi connectivity index (χ3n) is 4.58. The highest BCUT2D eigenvalue weighted by molar-refractivity contribution is 5.38. The smallest absolute Gasteiger partial charge is 0.123 e. The zero-order chi connectivity index (χ0) is 15.9. The summed E-state index contributed by atoms with van der Waals surface area (Å²) < 4.78 is 17.8. The molecule has 0 radical (unpaired) electrons. The van der Waals surface area contributed by atoms with E-state index in [0.717, 1.165) is 18.8 Å². The summed E-state index contributed by atoms with van der Waals surface area (Å²) in [4.78, 5) is 0. The summed E-state index contributed by atoms with van der Waals surface area (Å²) in [6.45, 7) is 1.81. The lowest BCUT2D eigenvalue weighted by Crippen LogP contribution is -2.31. The van der Waals surface area contributed by atoms with Gasteiger partial charge in [0.1, 0.15) is 19.0 Å². The molecule has 1 atom stereocenters. The highest BCUT2D eigenvalue weighted by Gasteiger charge is 2.26. The van der Waals surface area contributed by atoms with Crippen LogP contribution in [0, 0.1) is 5.92 Å². The van der Waals surface area contributed by atoms with Gasteiger partial charge in [0.05, 0.1) is 0 Å². The molecule has 2 nitrogen and oxygen atoms in total. The van der Waals surface area contributed by atoms with E-state index in [4.69, 9.17) is 4.74 Å². The zero-order valence-corrected chi connectivity index (χ0v) is 13.4. The molecule has 23 heavy (non-hydrogen) atoms. The average molecular weight is 313 g/mol. The van der Waals surface area contributed by atoms with Gasteiger partial charge in [-0.2, -0.15) is 0 Å². The molecule has 0 spiro atoms. The van der Waals surface area contributed by atoms with E-state index in [1.165, 1.54) is 24.0 Å². The van der Waals surface area contributed by atoms with E-state index in [0.29, 0.717) is 11.8 Å². The lowest BCUT2D eigenvalue weighted by Gasteiger charge is -2.31. The number of hydrogen-bond donors (Lipinski definition) is 1. The molecule has 2 aromatic carbocycles. The molecule has 3 heteroatoms. The van der Waals surface area contributed by atoms with Crippen LogP contribution < -0.4 is 10.1 Å². The van der Waals surface area contributed by atoms with Gasteiger partial charge in [0.2, 0.25) is 0 Å². The first-order valence-electron chi connectivity index (χ1n) is 8.43. The van der Waals surface area contributed by atoms with Crippen LogP contribution in [0.1, 0.15) is 29.9 Å². The molecule has 0 bridgehead atoms. The third kappa shape index (κ3) is 4.11. The summed E-state index contributed by atoms with van der Waals surface area (Å²) in [7, 11) is 0. The van der Waals surface area contributed by atoms with Gasteiger partial charge >= 0.3 is 0 Å². The summed E-state index contributed by atoms with van der Waals surface area (Å²) in [5, 5.41) is 3.45. The first kappa shape index (κ1) is 16.0. The largest absolute Gasteiger partial charge is 0.491 e. The van der Waals surface area contributed by atoms with E-state index in [9.17, 15) is 4.39 Å². The lowest BCUT2D eigenvalue weighted by atomic mass is 9.76. The van der Waals surface area contributed by atoms with Gasteiger partial charge in [0, 0.05) is 5.92 Å². The van der Waals surface area contributed by atoms with E-state index in [-0.39, 0.29) is 6.61 Å². The van der Waals surface area contributed by atoms with Crippen LogP contribution in [0.3, 0.4) is 0 Å². The Kier molecular flexibility index (Phi) is 5.65. The number of halogens is 1. The molecule has 1 unspecified atom stereocenters. The Morgan fingerprint density at radius 2 is 1.74 bits per heavy atom. The first-order chi connectivity index (χ1) is 11.4. The van der Waals surface area contributed by atoms with Gasteiger partial charge in [0.25, 0.3) is 0 Å². The molecule has 1 aliphatic heterocycles. The van der Waals surface area contributed by atoms with Crippen LogP contribution in [0.2, 0.25) is 0 Å². The molecule has 0 amide bonds. The quantitative estimate of drug-likeness (QED) is 0.864. The Hall–Kier alpha value is -1.87. The van der Waals surface area contributed by atoms with Crippen LogP contribution in [0.4, 0.5) is 4.39 Å². The number of alkyl halides is 1. The topological polar surface area (TPSA) is 21.3 Å². The molecule has 0 aromatic heterocycles. The monoisotopic (exact) mass is 313 g/mol. The number of ether oxygens (including phenoxy) is 1. The first-order valence-corrected chi connectivity index (χ1v) is 8.43. The van der Waals surface area contributed by atoms with Gasteiger partial charge in [-0.15, -0.1) is 0 Å². The maximum absolute atomic E-state index is 12.4. The molecule has 2 aromatic rings. The molecular weight excluding hydrogens is 289 g/mol.